The van der Waals surface area contributed by atoms with Gasteiger partial charge in [0, 0.05) is 4.90 Å². The van der Waals surface area contributed by atoms with Crippen molar-refractivity contribution in [3.8, 4) is 6.07 Å². The lowest BCUT2D eigenvalue weighted by Crippen LogP contribution is -2.50. The Morgan fingerprint density at radius 1 is 1.32 bits per heavy atom. The number of hydrogen-bond acceptors (Lipinski definition) is 3. The maximum absolute atomic E-state index is 12.4. The molecule has 1 aromatic rings. The molecule has 2 rings (SSSR count). The zero-order valence-electron chi connectivity index (χ0n) is 12.4. The Morgan fingerprint density at radius 3 is 2.45 bits per heavy atom. The highest BCUT2D eigenvalue weighted by Crippen LogP contribution is 2.37. The van der Waals surface area contributed by atoms with E-state index in [4.69, 9.17) is 23.2 Å². The van der Waals surface area contributed by atoms with E-state index >= 15 is 0 Å². The predicted octanol–water partition coefficient (Wildman–Crippen LogP) is 4.82. The highest BCUT2D eigenvalue weighted by atomic mass is 35.5. The van der Waals surface area contributed by atoms with E-state index in [0.29, 0.717) is 14.9 Å². The number of nitrogens with zero attached hydrogens (tertiary/aromatic N) is 1. The van der Waals surface area contributed by atoms with Crippen LogP contribution < -0.4 is 5.32 Å². The number of halogens is 2. The van der Waals surface area contributed by atoms with Crippen LogP contribution in [0.15, 0.2) is 23.1 Å². The number of rotatable bonds is 4. The number of benzene rings is 1. The second-order valence-corrected chi connectivity index (χ2v) is 7.72. The van der Waals surface area contributed by atoms with E-state index < -0.39 is 5.54 Å². The van der Waals surface area contributed by atoms with Gasteiger partial charge in [0.2, 0.25) is 5.91 Å². The van der Waals surface area contributed by atoms with Gasteiger partial charge in [-0.1, -0.05) is 48.5 Å². The minimum absolute atomic E-state index is 0.149. The third kappa shape index (κ3) is 4.10. The van der Waals surface area contributed by atoms with Crippen molar-refractivity contribution in [2.75, 3.05) is 0 Å². The van der Waals surface area contributed by atoms with Crippen LogP contribution in [0.2, 0.25) is 10.0 Å². The molecule has 0 aliphatic heterocycles. The molecule has 1 aliphatic rings. The van der Waals surface area contributed by atoms with Crippen LogP contribution in [0.3, 0.4) is 0 Å². The van der Waals surface area contributed by atoms with Crippen LogP contribution in [0, 0.1) is 11.3 Å². The standard InChI is InChI=1S/C16H18Cl2N2OS/c1-11(22-14-12(17)6-5-7-13(14)18)15(21)20-16(10-19)8-3-2-4-9-16/h5-7,11H,2-4,8-9H2,1H3,(H,20,21)/t11-/m1/s1. The van der Waals surface area contributed by atoms with Crippen LogP contribution in [-0.4, -0.2) is 16.7 Å². The number of amides is 1. The van der Waals surface area contributed by atoms with E-state index in [9.17, 15) is 10.1 Å². The van der Waals surface area contributed by atoms with Gasteiger partial charge in [0.1, 0.15) is 5.54 Å². The summed E-state index contributed by atoms with van der Waals surface area (Å²) in [7, 11) is 0. The summed E-state index contributed by atoms with van der Waals surface area (Å²) in [5, 5.41) is 13.1. The Labute approximate surface area is 145 Å². The van der Waals surface area contributed by atoms with Crippen LogP contribution in [0.5, 0.6) is 0 Å². The third-order valence-electron chi connectivity index (χ3n) is 3.87. The Morgan fingerprint density at radius 2 is 1.91 bits per heavy atom. The summed E-state index contributed by atoms with van der Waals surface area (Å²) in [4.78, 5) is 13.1. The number of hydrogen-bond donors (Lipinski definition) is 1. The van der Waals surface area contributed by atoms with Gasteiger partial charge in [-0.05, 0) is 31.9 Å². The second kappa shape index (κ2) is 7.59. The molecule has 0 heterocycles. The van der Waals surface area contributed by atoms with Crippen LogP contribution in [0.4, 0.5) is 0 Å². The minimum Gasteiger partial charge on any atom is -0.337 e. The Bertz CT molecular complexity index is 574. The minimum atomic E-state index is -0.714. The summed E-state index contributed by atoms with van der Waals surface area (Å²) in [6.07, 6.45) is 4.52. The number of nitrogens with one attached hydrogen (secondary N) is 1. The molecule has 1 aromatic carbocycles. The van der Waals surface area contributed by atoms with E-state index in [1.54, 1.807) is 25.1 Å². The van der Waals surface area contributed by atoms with Crippen molar-refractivity contribution >= 4 is 40.9 Å². The summed E-state index contributed by atoms with van der Waals surface area (Å²) < 4.78 is 0. The number of nitriles is 1. The molecule has 1 fully saturated rings. The van der Waals surface area contributed by atoms with Crippen molar-refractivity contribution in [3.63, 3.8) is 0 Å². The molecule has 1 amide bonds. The van der Waals surface area contributed by atoms with Gasteiger partial charge in [-0.3, -0.25) is 4.79 Å². The van der Waals surface area contributed by atoms with Crippen LogP contribution in [-0.2, 0) is 4.79 Å². The maximum Gasteiger partial charge on any atom is 0.234 e. The van der Waals surface area contributed by atoms with E-state index in [1.807, 2.05) is 0 Å². The molecule has 1 N–H and O–H groups in total. The molecule has 6 heteroatoms. The first kappa shape index (κ1) is 17.5. The SMILES string of the molecule is C[C@@H](Sc1c(Cl)cccc1Cl)C(=O)NC1(C#N)CCCCC1. The van der Waals surface area contributed by atoms with Gasteiger partial charge < -0.3 is 5.32 Å². The molecule has 22 heavy (non-hydrogen) atoms. The molecule has 0 bridgehead atoms. The number of thioether (sulfide) groups is 1. The van der Waals surface area contributed by atoms with Crippen molar-refractivity contribution in [1.29, 1.82) is 5.26 Å². The van der Waals surface area contributed by atoms with Crippen LogP contribution in [0.25, 0.3) is 0 Å². The average Bonchev–Trinajstić information content (AvgIpc) is 2.51. The highest BCUT2D eigenvalue weighted by Gasteiger charge is 2.35. The summed E-state index contributed by atoms with van der Waals surface area (Å²) in [6, 6.07) is 7.56. The smallest absolute Gasteiger partial charge is 0.234 e. The second-order valence-electron chi connectivity index (χ2n) is 5.55. The first-order valence-electron chi connectivity index (χ1n) is 7.31. The normalized spacial score (nSPS) is 18.3. The van der Waals surface area contributed by atoms with Crippen molar-refractivity contribution in [2.24, 2.45) is 0 Å². The topological polar surface area (TPSA) is 52.9 Å². The molecule has 0 saturated heterocycles. The zero-order chi connectivity index (χ0) is 16.2. The van der Waals surface area contributed by atoms with E-state index in [0.717, 1.165) is 32.1 Å². The van der Waals surface area contributed by atoms with Gasteiger partial charge in [0.15, 0.2) is 0 Å². The molecule has 0 unspecified atom stereocenters. The number of carbonyl (C=O) groups excluding carboxylic acids is 1. The largest absolute Gasteiger partial charge is 0.337 e. The summed E-state index contributed by atoms with van der Waals surface area (Å²) in [6.45, 7) is 1.80. The van der Waals surface area contributed by atoms with Gasteiger partial charge in [-0.15, -0.1) is 11.8 Å². The van der Waals surface area contributed by atoms with Gasteiger partial charge in [0.25, 0.3) is 0 Å². The first-order valence-corrected chi connectivity index (χ1v) is 8.95. The molecule has 0 aromatic heterocycles. The van der Waals surface area contributed by atoms with Gasteiger partial charge in [0.05, 0.1) is 21.4 Å². The lowest BCUT2D eigenvalue weighted by atomic mass is 9.83. The summed E-state index contributed by atoms with van der Waals surface area (Å²) in [5.74, 6) is -0.149. The Hall–Kier alpha value is -0.890. The third-order valence-corrected chi connectivity index (χ3v) is 5.96. The zero-order valence-corrected chi connectivity index (χ0v) is 14.7. The van der Waals surface area contributed by atoms with Crippen LogP contribution in [0.1, 0.15) is 39.0 Å². The van der Waals surface area contributed by atoms with E-state index in [2.05, 4.69) is 11.4 Å². The van der Waals surface area contributed by atoms with E-state index in [1.165, 1.54) is 11.8 Å². The van der Waals surface area contributed by atoms with Crippen molar-refractivity contribution in [3.05, 3.63) is 28.2 Å². The molecule has 0 spiro atoms. The fourth-order valence-corrected chi connectivity index (χ4v) is 4.13. The fourth-order valence-electron chi connectivity index (χ4n) is 2.58. The molecule has 1 atom stereocenters. The van der Waals surface area contributed by atoms with E-state index in [-0.39, 0.29) is 11.2 Å². The Balaban J connectivity index is 2.05. The lowest BCUT2D eigenvalue weighted by molar-refractivity contribution is -0.121. The monoisotopic (exact) mass is 356 g/mol. The summed E-state index contributed by atoms with van der Waals surface area (Å²) >= 11 is 13.6. The average molecular weight is 357 g/mol. The van der Waals surface area contributed by atoms with Gasteiger partial charge in [-0.2, -0.15) is 5.26 Å². The summed E-state index contributed by atoms with van der Waals surface area (Å²) in [5.41, 5.74) is -0.714. The van der Waals surface area contributed by atoms with Crippen molar-refractivity contribution in [1.82, 2.24) is 5.32 Å². The van der Waals surface area contributed by atoms with Crippen molar-refractivity contribution in [2.45, 2.75) is 54.7 Å². The number of carbonyl (C=O) groups is 1. The first-order chi connectivity index (χ1) is 10.5. The molecule has 118 valence electrons. The molecule has 3 nitrogen and oxygen atoms in total. The molecule has 1 aliphatic carbocycles. The molecule has 1 saturated carbocycles. The quantitative estimate of drug-likeness (QED) is 0.787. The molecular formula is C16H18Cl2N2OS. The predicted molar refractivity (Wildman–Crippen MR) is 91.4 cm³/mol. The maximum atomic E-state index is 12.4. The van der Waals surface area contributed by atoms with Crippen molar-refractivity contribution < 1.29 is 4.79 Å². The van der Waals surface area contributed by atoms with Gasteiger partial charge in [-0.25, -0.2) is 0 Å². The van der Waals surface area contributed by atoms with Crippen LogP contribution >= 0.6 is 35.0 Å². The Kier molecular flexibility index (Phi) is 6.02. The highest BCUT2D eigenvalue weighted by molar-refractivity contribution is 8.00. The molecule has 0 radical (unpaired) electrons. The van der Waals surface area contributed by atoms with Gasteiger partial charge >= 0.3 is 0 Å². The fraction of sp³-hybridized carbons (Fsp3) is 0.500. The lowest BCUT2D eigenvalue weighted by Gasteiger charge is -2.32. The molecular weight excluding hydrogens is 339 g/mol.